The van der Waals surface area contributed by atoms with Crippen molar-refractivity contribution in [3.63, 3.8) is 0 Å². The van der Waals surface area contributed by atoms with Gasteiger partial charge in [0.15, 0.2) is 0 Å². The zero-order valence-corrected chi connectivity index (χ0v) is 11.3. The summed E-state index contributed by atoms with van der Waals surface area (Å²) >= 11 is 5.82. The third kappa shape index (κ3) is 3.13. The van der Waals surface area contributed by atoms with Crippen molar-refractivity contribution in [3.8, 4) is 0 Å². The lowest BCUT2D eigenvalue weighted by Gasteiger charge is -2.08. The van der Waals surface area contributed by atoms with Crippen molar-refractivity contribution in [3.05, 3.63) is 68.7 Å². The second-order valence-corrected chi connectivity index (χ2v) is 4.66. The van der Waals surface area contributed by atoms with Gasteiger partial charge < -0.3 is 5.32 Å². The molecule has 0 aliphatic rings. The van der Waals surface area contributed by atoms with E-state index in [1.54, 1.807) is 31.2 Å². The molecule has 1 N–H and O–H groups in total. The summed E-state index contributed by atoms with van der Waals surface area (Å²) < 4.78 is 0. The number of anilines is 1. The molecule has 0 saturated heterocycles. The fourth-order valence-electron chi connectivity index (χ4n) is 1.68. The molecule has 0 aliphatic carbocycles. The van der Waals surface area contributed by atoms with Crippen LogP contribution in [0.2, 0.25) is 5.02 Å². The molecule has 0 bridgehead atoms. The molecule has 20 heavy (non-hydrogen) atoms. The monoisotopic (exact) mass is 290 g/mol. The van der Waals surface area contributed by atoms with Gasteiger partial charge in [0.2, 0.25) is 0 Å². The van der Waals surface area contributed by atoms with E-state index >= 15 is 0 Å². The van der Waals surface area contributed by atoms with Gasteiger partial charge in [-0.05, 0) is 30.7 Å². The first-order chi connectivity index (χ1) is 9.47. The summed E-state index contributed by atoms with van der Waals surface area (Å²) in [4.78, 5) is 22.3. The van der Waals surface area contributed by atoms with Crippen molar-refractivity contribution in [2.45, 2.75) is 6.92 Å². The van der Waals surface area contributed by atoms with Crippen LogP contribution in [-0.2, 0) is 0 Å². The number of rotatable bonds is 3. The van der Waals surface area contributed by atoms with Gasteiger partial charge in [-0.15, -0.1) is 0 Å². The maximum absolute atomic E-state index is 12.1. The quantitative estimate of drug-likeness (QED) is 0.690. The number of amides is 1. The number of nitro groups is 1. The van der Waals surface area contributed by atoms with E-state index in [1.165, 1.54) is 18.2 Å². The molecule has 0 fully saturated rings. The summed E-state index contributed by atoms with van der Waals surface area (Å²) in [6.45, 7) is 1.76. The van der Waals surface area contributed by atoms with Crippen LogP contribution in [0.4, 0.5) is 11.4 Å². The Balaban J connectivity index is 2.27. The minimum Gasteiger partial charge on any atom is -0.321 e. The summed E-state index contributed by atoms with van der Waals surface area (Å²) in [7, 11) is 0. The number of carbonyl (C=O) groups excluding carboxylic acids is 1. The Morgan fingerprint density at radius 3 is 2.65 bits per heavy atom. The lowest BCUT2D eigenvalue weighted by Crippen LogP contribution is -2.12. The van der Waals surface area contributed by atoms with Gasteiger partial charge in [-0.2, -0.15) is 0 Å². The van der Waals surface area contributed by atoms with Crippen molar-refractivity contribution in [2.75, 3.05) is 5.32 Å². The molecular formula is C14H11ClN2O3. The highest BCUT2D eigenvalue weighted by Crippen LogP contribution is 2.22. The van der Waals surface area contributed by atoms with Gasteiger partial charge in [0.25, 0.3) is 11.6 Å². The largest absolute Gasteiger partial charge is 0.321 e. The predicted octanol–water partition coefficient (Wildman–Crippen LogP) is 3.81. The van der Waals surface area contributed by atoms with Crippen LogP contribution in [0.1, 0.15) is 15.9 Å². The van der Waals surface area contributed by atoms with E-state index in [9.17, 15) is 14.9 Å². The van der Waals surface area contributed by atoms with Gasteiger partial charge in [0.1, 0.15) is 0 Å². The molecule has 0 aromatic heterocycles. The highest BCUT2D eigenvalue weighted by Gasteiger charge is 2.12. The van der Waals surface area contributed by atoms with Gasteiger partial charge in [-0.25, -0.2) is 0 Å². The van der Waals surface area contributed by atoms with E-state index in [4.69, 9.17) is 11.6 Å². The fraction of sp³-hybridized carbons (Fsp3) is 0.0714. The highest BCUT2D eigenvalue weighted by molar-refractivity contribution is 6.31. The standard InChI is InChI=1S/C14H11ClN2O3/c1-9-5-6-12(17(19)20)8-13(9)16-14(18)10-3-2-4-11(15)7-10/h2-8H,1H3,(H,16,18). The van der Waals surface area contributed by atoms with Crippen LogP contribution >= 0.6 is 11.6 Å². The van der Waals surface area contributed by atoms with Crippen LogP contribution in [-0.4, -0.2) is 10.8 Å². The van der Waals surface area contributed by atoms with Crippen LogP contribution < -0.4 is 5.32 Å². The number of benzene rings is 2. The van der Waals surface area contributed by atoms with E-state index in [-0.39, 0.29) is 11.6 Å². The molecule has 1 amide bonds. The van der Waals surface area contributed by atoms with E-state index in [0.717, 1.165) is 5.56 Å². The normalized spacial score (nSPS) is 10.1. The highest BCUT2D eigenvalue weighted by atomic mass is 35.5. The fourth-order valence-corrected chi connectivity index (χ4v) is 1.87. The predicted molar refractivity (Wildman–Crippen MR) is 77.2 cm³/mol. The number of nitro benzene ring substituents is 1. The van der Waals surface area contributed by atoms with Crippen molar-refractivity contribution >= 4 is 28.9 Å². The summed E-state index contributed by atoms with van der Waals surface area (Å²) in [5, 5.41) is 13.8. The van der Waals surface area contributed by atoms with E-state index in [1.807, 2.05) is 0 Å². The average Bonchev–Trinajstić information content (AvgIpc) is 2.41. The maximum atomic E-state index is 12.1. The number of nitrogens with one attached hydrogen (secondary N) is 1. The lowest BCUT2D eigenvalue weighted by molar-refractivity contribution is -0.384. The van der Waals surface area contributed by atoms with E-state index in [0.29, 0.717) is 16.3 Å². The molecule has 2 aromatic carbocycles. The molecular weight excluding hydrogens is 280 g/mol. The first-order valence-electron chi connectivity index (χ1n) is 5.79. The smallest absolute Gasteiger partial charge is 0.271 e. The molecule has 2 aromatic rings. The molecule has 0 saturated carbocycles. The molecule has 0 spiro atoms. The zero-order chi connectivity index (χ0) is 14.7. The summed E-state index contributed by atoms with van der Waals surface area (Å²) in [5.41, 5.74) is 1.47. The van der Waals surface area contributed by atoms with Crippen LogP contribution in [0.5, 0.6) is 0 Å². The molecule has 5 nitrogen and oxygen atoms in total. The first-order valence-corrected chi connectivity index (χ1v) is 6.17. The van der Waals surface area contributed by atoms with Gasteiger partial charge in [0.05, 0.1) is 10.6 Å². The van der Waals surface area contributed by atoms with Gasteiger partial charge >= 0.3 is 0 Å². The molecule has 0 unspecified atom stereocenters. The minimum atomic E-state index is -0.505. The number of non-ortho nitro benzene ring substituents is 1. The molecule has 0 radical (unpaired) electrons. The van der Waals surface area contributed by atoms with Crippen molar-refractivity contribution in [1.29, 1.82) is 0 Å². The number of hydrogen-bond acceptors (Lipinski definition) is 3. The summed E-state index contributed by atoms with van der Waals surface area (Å²) in [5.74, 6) is -0.365. The molecule has 0 atom stereocenters. The first kappa shape index (κ1) is 14.0. The van der Waals surface area contributed by atoms with Crippen molar-refractivity contribution < 1.29 is 9.72 Å². The van der Waals surface area contributed by atoms with E-state index in [2.05, 4.69) is 5.32 Å². The number of nitrogens with zero attached hydrogens (tertiary/aromatic N) is 1. The molecule has 0 heterocycles. The Morgan fingerprint density at radius 1 is 1.25 bits per heavy atom. The van der Waals surface area contributed by atoms with Gasteiger partial charge in [-0.3, -0.25) is 14.9 Å². The van der Waals surface area contributed by atoms with E-state index < -0.39 is 4.92 Å². The molecule has 0 aliphatic heterocycles. The summed E-state index contributed by atoms with van der Waals surface area (Å²) in [6.07, 6.45) is 0. The second-order valence-electron chi connectivity index (χ2n) is 4.22. The topological polar surface area (TPSA) is 72.2 Å². The Morgan fingerprint density at radius 2 is 2.00 bits per heavy atom. The summed E-state index contributed by atoms with van der Waals surface area (Å²) in [6, 6.07) is 10.8. The van der Waals surface area contributed by atoms with Gasteiger partial charge in [-0.1, -0.05) is 23.7 Å². The third-order valence-corrected chi connectivity index (χ3v) is 3.00. The Hall–Kier alpha value is -2.40. The number of hydrogen-bond donors (Lipinski definition) is 1. The number of aryl methyl sites for hydroxylation is 1. The Labute approximate surface area is 120 Å². The maximum Gasteiger partial charge on any atom is 0.271 e. The van der Waals surface area contributed by atoms with Crippen LogP contribution in [0, 0.1) is 17.0 Å². The SMILES string of the molecule is Cc1ccc([N+](=O)[O-])cc1NC(=O)c1cccc(Cl)c1. The second kappa shape index (κ2) is 5.71. The lowest BCUT2D eigenvalue weighted by atomic mass is 10.1. The zero-order valence-electron chi connectivity index (χ0n) is 10.6. The molecule has 6 heteroatoms. The van der Waals surface area contributed by atoms with Crippen molar-refractivity contribution in [1.82, 2.24) is 0 Å². The van der Waals surface area contributed by atoms with Crippen LogP contribution in [0.3, 0.4) is 0 Å². The Bertz CT molecular complexity index is 686. The number of halogens is 1. The minimum absolute atomic E-state index is 0.0722. The third-order valence-electron chi connectivity index (χ3n) is 2.77. The van der Waals surface area contributed by atoms with Gasteiger partial charge in [0, 0.05) is 22.7 Å². The molecule has 2 rings (SSSR count). The van der Waals surface area contributed by atoms with Crippen molar-refractivity contribution in [2.24, 2.45) is 0 Å². The molecule has 102 valence electrons. The average molecular weight is 291 g/mol. The Kier molecular flexibility index (Phi) is 4.00. The number of carbonyl (C=O) groups is 1. The van der Waals surface area contributed by atoms with Crippen LogP contribution in [0.15, 0.2) is 42.5 Å². The van der Waals surface area contributed by atoms with Crippen LogP contribution in [0.25, 0.3) is 0 Å².